The SMILES string of the molecule is O=c1c2cc(-c3ccccc3)sc2[nH]c(=S)n1CCCn1ccnc1. The van der Waals surface area contributed by atoms with E-state index in [-0.39, 0.29) is 5.56 Å². The first-order chi connectivity index (χ1) is 12.2. The fraction of sp³-hybridized carbons (Fsp3) is 0.167. The maximum atomic E-state index is 12.9. The number of hydrogen-bond donors (Lipinski definition) is 1. The number of aryl methyl sites for hydroxylation is 1. The van der Waals surface area contributed by atoms with E-state index in [1.807, 2.05) is 47.2 Å². The third-order valence-electron chi connectivity index (χ3n) is 4.09. The number of aromatic nitrogens is 4. The quantitative estimate of drug-likeness (QED) is 0.540. The zero-order valence-corrected chi connectivity index (χ0v) is 15.0. The Labute approximate surface area is 153 Å². The van der Waals surface area contributed by atoms with Crippen LogP contribution in [0.1, 0.15) is 6.42 Å². The van der Waals surface area contributed by atoms with Gasteiger partial charge in [0.05, 0.1) is 11.7 Å². The molecule has 0 atom stereocenters. The smallest absolute Gasteiger partial charge is 0.263 e. The van der Waals surface area contributed by atoms with Crippen LogP contribution in [0.4, 0.5) is 0 Å². The first-order valence-electron chi connectivity index (χ1n) is 8.00. The number of benzene rings is 1. The average Bonchev–Trinajstić information content (AvgIpc) is 3.28. The number of nitrogens with one attached hydrogen (secondary N) is 1. The van der Waals surface area contributed by atoms with Crippen LogP contribution >= 0.6 is 23.6 Å². The number of nitrogens with zero attached hydrogens (tertiary/aromatic N) is 3. The summed E-state index contributed by atoms with van der Waals surface area (Å²) in [6.45, 7) is 1.39. The number of aromatic amines is 1. The Balaban J connectivity index is 1.66. The van der Waals surface area contributed by atoms with Crippen molar-refractivity contribution in [2.45, 2.75) is 19.5 Å². The molecule has 3 heterocycles. The van der Waals surface area contributed by atoms with Crippen molar-refractivity contribution in [1.82, 2.24) is 19.1 Å². The lowest BCUT2D eigenvalue weighted by Gasteiger charge is -2.06. The van der Waals surface area contributed by atoms with Gasteiger partial charge in [-0.05, 0) is 30.3 Å². The highest BCUT2D eigenvalue weighted by Gasteiger charge is 2.11. The van der Waals surface area contributed by atoms with Crippen LogP contribution in [0.5, 0.6) is 0 Å². The zero-order valence-electron chi connectivity index (χ0n) is 13.4. The van der Waals surface area contributed by atoms with Crippen molar-refractivity contribution in [3.05, 3.63) is 70.2 Å². The predicted molar refractivity (Wildman–Crippen MR) is 104 cm³/mol. The van der Waals surface area contributed by atoms with E-state index in [1.165, 1.54) is 0 Å². The number of H-pyrrole nitrogens is 1. The first-order valence-corrected chi connectivity index (χ1v) is 9.23. The summed E-state index contributed by atoms with van der Waals surface area (Å²) < 4.78 is 4.12. The molecule has 0 aliphatic carbocycles. The van der Waals surface area contributed by atoms with Crippen molar-refractivity contribution in [3.63, 3.8) is 0 Å². The lowest BCUT2D eigenvalue weighted by atomic mass is 10.2. The van der Waals surface area contributed by atoms with Gasteiger partial charge < -0.3 is 9.55 Å². The lowest BCUT2D eigenvalue weighted by molar-refractivity contribution is 0.546. The minimum atomic E-state index is -0.0252. The highest BCUT2D eigenvalue weighted by Crippen LogP contribution is 2.30. The third-order valence-corrected chi connectivity index (χ3v) is 5.51. The molecule has 4 rings (SSSR count). The summed E-state index contributed by atoms with van der Waals surface area (Å²) in [7, 11) is 0. The fourth-order valence-electron chi connectivity index (χ4n) is 2.82. The van der Waals surface area contributed by atoms with E-state index in [4.69, 9.17) is 12.2 Å². The molecule has 0 saturated carbocycles. The Bertz CT molecular complexity index is 1110. The molecule has 0 fully saturated rings. The van der Waals surface area contributed by atoms with Crippen molar-refractivity contribution in [3.8, 4) is 10.4 Å². The van der Waals surface area contributed by atoms with Gasteiger partial charge in [-0.1, -0.05) is 30.3 Å². The van der Waals surface area contributed by atoms with Gasteiger partial charge in [-0.15, -0.1) is 11.3 Å². The van der Waals surface area contributed by atoms with E-state index in [9.17, 15) is 4.79 Å². The molecule has 0 spiro atoms. The summed E-state index contributed by atoms with van der Waals surface area (Å²) >= 11 is 6.96. The van der Waals surface area contributed by atoms with Crippen molar-refractivity contribution in [1.29, 1.82) is 0 Å². The van der Waals surface area contributed by atoms with Crippen molar-refractivity contribution in [2.75, 3.05) is 0 Å². The van der Waals surface area contributed by atoms with Crippen molar-refractivity contribution in [2.24, 2.45) is 0 Å². The molecule has 3 aromatic heterocycles. The van der Waals surface area contributed by atoms with E-state index in [2.05, 4.69) is 9.97 Å². The standard InChI is InChI=1S/C18H16N4OS2/c23-17-14-11-15(13-5-2-1-3-6-13)25-16(14)20-18(24)22(17)9-4-8-21-10-7-19-12-21/h1-3,5-7,10-12H,4,8-9H2,(H,20,24). The summed E-state index contributed by atoms with van der Waals surface area (Å²) in [4.78, 5) is 22.0. The minimum Gasteiger partial charge on any atom is -0.337 e. The Hall–Kier alpha value is -2.51. The monoisotopic (exact) mass is 368 g/mol. The Morgan fingerprint density at radius 2 is 2.04 bits per heavy atom. The van der Waals surface area contributed by atoms with Crippen LogP contribution in [0.15, 0.2) is 59.9 Å². The maximum absolute atomic E-state index is 12.9. The second-order valence-electron chi connectivity index (χ2n) is 5.76. The molecule has 0 aliphatic rings. The van der Waals surface area contributed by atoms with Gasteiger partial charge in [0.15, 0.2) is 4.77 Å². The zero-order chi connectivity index (χ0) is 17.2. The van der Waals surface area contributed by atoms with Gasteiger partial charge >= 0.3 is 0 Å². The van der Waals surface area contributed by atoms with Crippen LogP contribution in [0.2, 0.25) is 0 Å². The highest BCUT2D eigenvalue weighted by atomic mass is 32.1. The summed E-state index contributed by atoms with van der Waals surface area (Å²) in [5.41, 5.74) is 1.08. The van der Waals surface area contributed by atoms with Gasteiger partial charge in [0, 0.05) is 30.4 Å². The molecule has 0 unspecified atom stereocenters. The lowest BCUT2D eigenvalue weighted by Crippen LogP contribution is -2.22. The highest BCUT2D eigenvalue weighted by molar-refractivity contribution is 7.71. The largest absolute Gasteiger partial charge is 0.337 e. The molecule has 5 nitrogen and oxygen atoms in total. The molecule has 1 N–H and O–H groups in total. The fourth-order valence-corrected chi connectivity index (χ4v) is 4.22. The van der Waals surface area contributed by atoms with Crippen molar-refractivity contribution < 1.29 is 0 Å². The number of fused-ring (bicyclic) bond motifs is 1. The molecule has 0 bridgehead atoms. The minimum absolute atomic E-state index is 0.0252. The predicted octanol–water partition coefficient (Wildman–Crippen LogP) is 4.07. The second kappa shape index (κ2) is 6.78. The van der Waals surface area contributed by atoms with E-state index < -0.39 is 0 Å². The van der Waals surface area contributed by atoms with Gasteiger partial charge in [0.1, 0.15) is 4.83 Å². The number of imidazole rings is 1. The third kappa shape index (κ3) is 3.20. The van der Waals surface area contributed by atoms with E-state index in [0.717, 1.165) is 28.2 Å². The molecule has 126 valence electrons. The summed E-state index contributed by atoms with van der Waals surface area (Å²) in [5.74, 6) is 0. The molecule has 0 amide bonds. The van der Waals surface area contributed by atoms with Crippen LogP contribution < -0.4 is 5.56 Å². The Kier molecular flexibility index (Phi) is 4.33. The summed E-state index contributed by atoms with van der Waals surface area (Å²) in [6, 6.07) is 12.0. The first kappa shape index (κ1) is 16.0. The summed E-state index contributed by atoms with van der Waals surface area (Å²) in [6.07, 6.45) is 6.26. The molecular formula is C18H16N4OS2. The molecule has 25 heavy (non-hydrogen) atoms. The van der Waals surface area contributed by atoms with E-state index >= 15 is 0 Å². The Morgan fingerprint density at radius 3 is 2.80 bits per heavy atom. The van der Waals surface area contributed by atoms with E-state index in [1.54, 1.807) is 28.4 Å². The number of hydrogen-bond acceptors (Lipinski definition) is 4. The molecule has 0 saturated heterocycles. The number of rotatable bonds is 5. The van der Waals surface area contributed by atoms with Gasteiger partial charge in [-0.2, -0.15) is 0 Å². The molecule has 7 heteroatoms. The average molecular weight is 368 g/mol. The van der Waals surface area contributed by atoms with Gasteiger partial charge in [-0.3, -0.25) is 9.36 Å². The Morgan fingerprint density at radius 1 is 1.20 bits per heavy atom. The van der Waals surface area contributed by atoms with Gasteiger partial charge in [0.25, 0.3) is 5.56 Å². The van der Waals surface area contributed by atoms with Crippen molar-refractivity contribution >= 4 is 33.8 Å². The topological polar surface area (TPSA) is 55.6 Å². The number of thiophene rings is 1. The van der Waals surface area contributed by atoms with Crippen LogP contribution in [0.3, 0.4) is 0 Å². The van der Waals surface area contributed by atoms with Crippen LogP contribution in [0, 0.1) is 4.77 Å². The molecule has 1 aromatic carbocycles. The maximum Gasteiger partial charge on any atom is 0.263 e. The van der Waals surface area contributed by atoms with Gasteiger partial charge in [-0.25, -0.2) is 4.98 Å². The normalized spacial score (nSPS) is 11.2. The van der Waals surface area contributed by atoms with E-state index in [0.29, 0.717) is 16.7 Å². The second-order valence-corrected chi connectivity index (χ2v) is 7.20. The molecule has 0 radical (unpaired) electrons. The molecular weight excluding hydrogens is 352 g/mol. The van der Waals surface area contributed by atoms with Crippen LogP contribution in [-0.4, -0.2) is 19.1 Å². The van der Waals surface area contributed by atoms with Gasteiger partial charge in [0.2, 0.25) is 0 Å². The molecule has 4 aromatic rings. The summed E-state index contributed by atoms with van der Waals surface area (Å²) in [5, 5.41) is 0.695. The molecule has 0 aliphatic heterocycles. The van der Waals surface area contributed by atoms with Crippen LogP contribution in [-0.2, 0) is 13.1 Å². The van der Waals surface area contributed by atoms with Crippen LogP contribution in [0.25, 0.3) is 20.7 Å².